The van der Waals surface area contributed by atoms with Gasteiger partial charge in [-0.1, -0.05) is 19.1 Å². The van der Waals surface area contributed by atoms with Crippen molar-refractivity contribution in [2.45, 2.75) is 26.2 Å². The van der Waals surface area contributed by atoms with Gasteiger partial charge in [-0.15, -0.1) is 0 Å². The Kier molecular flexibility index (Phi) is 6.39. The van der Waals surface area contributed by atoms with Crippen molar-refractivity contribution in [2.24, 2.45) is 5.92 Å². The number of hydrogen-bond donors (Lipinski definition) is 2. The van der Waals surface area contributed by atoms with E-state index in [0.29, 0.717) is 10.8 Å². The summed E-state index contributed by atoms with van der Waals surface area (Å²) >= 11 is 5.18. The number of hydrogen-bond acceptors (Lipinski definition) is 2. The van der Waals surface area contributed by atoms with Crippen LogP contribution in [0, 0.1) is 11.7 Å². The first-order chi connectivity index (χ1) is 10.1. The fraction of sp³-hybridized carbons (Fsp3) is 0.562. The predicted octanol–water partition coefficient (Wildman–Crippen LogP) is 3.23. The SMILES string of the molecule is CC1CCCN(CCCNC(=S)Nc2ccccc2F)C1. The van der Waals surface area contributed by atoms with Crippen LogP contribution in [-0.2, 0) is 0 Å². The van der Waals surface area contributed by atoms with Crippen molar-refractivity contribution in [3.63, 3.8) is 0 Å². The van der Waals surface area contributed by atoms with Crippen molar-refractivity contribution in [1.29, 1.82) is 0 Å². The zero-order valence-electron chi connectivity index (χ0n) is 12.6. The lowest BCUT2D eigenvalue weighted by Crippen LogP contribution is -2.37. The summed E-state index contributed by atoms with van der Waals surface area (Å²) in [7, 11) is 0. The van der Waals surface area contributed by atoms with E-state index in [1.165, 1.54) is 32.0 Å². The third kappa shape index (κ3) is 5.59. The van der Waals surface area contributed by atoms with Crippen LogP contribution >= 0.6 is 12.2 Å². The van der Waals surface area contributed by atoms with E-state index < -0.39 is 0 Å². The number of likely N-dealkylation sites (tertiary alicyclic amines) is 1. The van der Waals surface area contributed by atoms with Crippen LogP contribution in [0.4, 0.5) is 10.1 Å². The second kappa shape index (κ2) is 8.29. The van der Waals surface area contributed by atoms with Gasteiger partial charge < -0.3 is 15.5 Å². The first-order valence-electron chi connectivity index (χ1n) is 7.67. The van der Waals surface area contributed by atoms with Crippen LogP contribution in [0.15, 0.2) is 24.3 Å². The molecule has 3 nitrogen and oxygen atoms in total. The first kappa shape index (κ1) is 16.2. The number of nitrogens with one attached hydrogen (secondary N) is 2. The van der Waals surface area contributed by atoms with Gasteiger partial charge in [-0.25, -0.2) is 4.39 Å². The molecule has 1 unspecified atom stereocenters. The van der Waals surface area contributed by atoms with Gasteiger partial charge >= 0.3 is 0 Å². The van der Waals surface area contributed by atoms with E-state index in [9.17, 15) is 4.39 Å². The molecule has 0 aromatic heterocycles. The Morgan fingerprint density at radius 3 is 3.00 bits per heavy atom. The molecule has 2 rings (SSSR count). The maximum Gasteiger partial charge on any atom is 0.170 e. The molecule has 0 saturated carbocycles. The summed E-state index contributed by atoms with van der Waals surface area (Å²) in [5.41, 5.74) is 0.417. The quantitative estimate of drug-likeness (QED) is 0.645. The number of anilines is 1. The Labute approximate surface area is 131 Å². The van der Waals surface area contributed by atoms with Crippen LogP contribution < -0.4 is 10.6 Å². The van der Waals surface area contributed by atoms with Crippen molar-refractivity contribution in [2.75, 3.05) is 31.5 Å². The lowest BCUT2D eigenvalue weighted by molar-refractivity contribution is 0.182. The van der Waals surface area contributed by atoms with Gasteiger partial charge in [0.05, 0.1) is 5.69 Å². The normalized spacial score (nSPS) is 19.2. The molecule has 0 radical (unpaired) electrons. The Bertz CT molecular complexity index is 467. The molecule has 0 bridgehead atoms. The van der Waals surface area contributed by atoms with Crippen molar-refractivity contribution in [3.05, 3.63) is 30.1 Å². The van der Waals surface area contributed by atoms with E-state index in [0.717, 1.165) is 25.4 Å². The van der Waals surface area contributed by atoms with Crippen molar-refractivity contribution >= 4 is 23.0 Å². The average molecular weight is 309 g/mol. The monoisotopic (exact) mass is 309 g/mol. The van der Waals surface area contributed by atoms with Crippen LogP contribution in [0.3, 0.4) is 0 Å². The van der Waals surface area contributed by atoms with Crippen LogP contribution in [0.5, 0.6) is 0 Å². The molecule has 116 valence electrons. The second-order valence-corrected chi connectivity index (χ2v) is 6.17. The molecule has 1 heterocycles. The van der Waals surface area contributed by atoms with E-state index in [1.54, 1.807) is 18.2 Å². The molecule has 1 fully saturated rings. The third-order valence-electron chi connectivity index (χ3n) is 3.80. The molecule has 0 amide bonds. The maximum atomic E-state index is 13.5. The number of para-hydroxylation sites is 1. The molecule has 1 aliphatic heterocycles. The summed E-state index contributed by atoms with van der Waals surface area (Å²) in [4.78, 5) is 2.52. The van der Waals surface area contributed by atoms with Gasteiger partial charge in [0.15, 0.2) is 5.11 Å². The molecule has 2 N–H and O–H groups in total. The Morgan fingerprint density at radius 2 is 2.24 bits per heavy atom. The fourth-order valence-electron chi connectivity index (χ4n) is 2.72. The van der Waals surface area contributed by atoms with Crippen LogP contribution in [-0.4, -0.2) is 36.2 Å². The molecule has 1 aliphatic rings. The summed E-state index contributed by atoms with van der Waals surface area (Å²) in [5, 5.41) is 6.50. The van der Waals surface area contributed by atoms with E-state index in [1.807, 2.05) is 0 Å². The predicted molar refractivity (Wildman–Crippen MR) is 90.1 cm³/mol. The highest BCUT2D eigenvalue weighted by molar-refractivity contribution is 7.80. The standard InChI is InChI=1S/C16H24FN3S/c1-13-6-4-10-20(12-13)11-5-9-18-16(21)19-15-8-3-2-7-14(15)17/h2-3,7-8,13H,4-6,9-12H2,1H3,(H2,18,19,21). The smallest absolute Gasteiger partial charge is 0.170 e. The zero-order valence-corrected chi connectivity index (χ0v) is 13.4. The van der Waals surface area contributed by atoms with E-state index in [-0.39, 0.29) is 5.82 Å². The Hall–Kier alpha value is -1.20. The summed E-state index contributed by atoms with van der Waals surface area (Å²) in [5.74, 6) is 0.527. The molecule has 1 saturated heterocycles. The highest BCUT2D eigenvalue weighted by Crippen LogP contribution is 2.15. The molecule has 1 atom stereocenters. The van der Waals surface area contributed by atoms with E-state index in [2.05, 4.69) is 22.5 Å². The molecule has 21 heavy (non-hydrogen) atoms. The van der Waals surface area contributed by atoms with Crippen molar-refractivity contribution in [3.8, 4) is 0 Å². The number of piperidine rings is 1. The van der Waals surface area contributed by atoms with Crippen molar-refractivity contribution in [1.82, 2.24) is 10.2 Å². The minimum absolute atomic E-state index is 0.288. The number of halogens is 1. The zero-order chi connectivity index (χ0) is 15.1. The van der Waals surface area contributed by atoms with Crippen molar-refractivity contribution < 1.29 is 4.39 Å². The average Bonchev–Trinajstić information content (AvgIpc) is 2.46. The maximum absolute atomic E-state index is 13.5. The highest BCUT2D eigenvalue weighted by atomic mass is 32.1. The molecule has 0 aliphatic carbocycles. The van der Waals surface area contributed by atoms with Gasteiger partial charge in [0.25, 0.3) is 0 Å². The van der Waals surface area contributed by atoms with Crippen LogP contribution in [0.1, 0.15) is 26.2 Å². The lowest BCUT2D eigenvalue weighted by Gasteiger charge is -2.30. The Morgan fingerprint density at radius 1 is 1.43 bits per heavy atom. The lowest BCUT2D eigenvalue weighted by atomic mass is 10.0. The minimum Gasteiger partial charge on any atom is -0.362 e. The van der Waals surface area contributed by atoms with Crippen LogP contribution in [0.2, 0.25) is 0 Å². The van der Waals surface area contributed by atoms with Gasteiger partial charge in [0, 0.05) is 13.1 Å². The van der Waals surface area contributed by atoms with E-state index in [4.69, 9.17) is 12.2 Å². The summed E-state index contributed by atoms with van der Waals surface area (Å²) in [6, 6.07) is 6.54. The number of nitrogens with zero attached hydrogens (tertiary/aromatic N) is 1. The fourth-order valence-corrected chi connectivity index (χ4v) is 2.94. The third-order valence-corrected chi connectivity index (χ3v) is 4.05. The highest BCUT2D eigenvalue weighted by Gasteiger charge is 2.15. The van der Waals surface area contributed by atoms with Gasteiger partial charge in [-0.2, -0.15) is 0 Å². The first-order valence-corrected chi connectivity index (χ1v) is 8.07. The summed E-state index contributed by atoms with van der Waals surface area (Å²) in [6.45, 7) is 6.64. The van der Waals surface area contributed by atoms with Gasteiger partial charge in [-0.05, 0) is 62.6 Å². The molecular formula is C16H24FN3S. The molecule has 0 spiro atoms. The van der Waals surface area contributed by atoms with Gasteiger partial charge in [0.1, 0.15) is 5.82 Å². The van der Waals surface area contributed by atoms with Crippen LogP contribution in [0.25, 0.3) is 0 Å². The summed E-state index contributed by atoms with van der Waals surface area (Å²) in [6.07, 6.45) is 3.71. The van der Waals surface area contributed by atoms with Gasteiger partial charge in [-0.3, -0.25) is 0 Å². The minimum atomic E-state index is -0.288. The second-order valence-electron chi connectivity index (χ2n) is 5.76. The topological polar surface area (TPSA) is 27.3 Å². The van der Waals surface area contributed by atoms with Gasteiger partial charge in [0.2, 0.25) is 0 Å². The number of benzene rings is 1. The number of thiocarbonyl (C=S) groups is 1. The molecule has 1 aromatic rings. The molecular weight excluding hydrogens is 285 g/mol. The number of rotatable bonds is 5. The molecule has 5 heteroatoms. The largest absolute Gasteiger partial charge is 0.362 e. The Balaban J connectivity index is 1.62. The summed E-state index contributed by atoms with van der Waals surface area (Å²) < 4.78 is 13.5. The van der Waals surface area contributed by atoms with E-state index >= 15 is 0 Å². The molecule has 1 aromatic carbocycles.